The van der Waals surface area contributed by atoms with Crippen LogP contribution in [0.4, 0.5) is 5.82 Å². The number of hydrogen-bond donors (Lipinski definition) is 2. The second-order valence-electron chi connectivity index (χ2n) is 8.62. The maximum Gasteiger partial charge on any atom is 0.126 e. The molecule has 0 saturated carbocycles. The zero-order valence-electron chi connectivity index (χ0n) is 18.9. The number of rotatable bonds is 9. The summed E-state index contributed by atoms with van der Waals surface area (Å²) in [5, 5.41) is 7.61. The van der Waals surface area contributed by atoms with Gasteiger partial charge >= 0.3 is 0 Å². The molecule has 3 rings (SSSR count). The molecule has 0 spiro atoms. The van der Waals surface area contributed by atoms with Crippen molar-refractivity contribution in [2.75, 3.05) is 65.3 Å². The summed E-state index contributed by atoms with van der Waals surface area (Å²) >= 11 is 6.36. The summed E-state index contributed by atoms with van der Waals surface area (Å²) in [6, 6.07) is 2.04. The van der Waals surface area contributed by atoms with Gasteiger partial charge in [-0.3, -0.25) is 9.98 Å². The Morgan fingerprint density at radius 1 is 1.23 bits per heavy atom. The number of pyridine rings is 1. The number of halogens is 1. The number of ether oxygens (including phenoxy) is 1. The van der Waals surface area contributed by atoms with Crippen LogP contribution in [0.2, 0.25) is 5.02 Å². The van der Waals surface area contributed by atoms with Crippen LogP contribution in [0.5, 0.6) is 0 Å². The Bertz CT molecular complexity index is 727. The Morgan fingerprint density at radius 2 is 1.97 bits per heavy atom. The van der Waals surface area contributed by atoms with E-state index in [1.807, 2.05) is 19.3 Å². The number of nitrogens with zero attached hydrogens (tertiary/aromatic N) is 4. The third kappa shape index (κ3) is 8.39. The molecule has 31 heavy (non-hydrogen) atoms. The van der Waals surface area contributed by atoms with E-state index in [2.05, 4.69) is 37.5 Å². The van der Waals surface area contributed by atoms with Crippen molar-refractivity contribution in [3.63, 3.8) is 0 Å². The Hall–Kier alpha value is -1.70. The quantitative estimate of drug-likeness (QED) is 0.448. The lowest BCUT2D eigenvalue weighted by Gasteiger charge is -2.29. The predicted octanol–water partition coefficient (Wildman–Crippen LogP) is 3.15. The number of piperidine rings is 1. The lowest BCUT2D eigenvalue weighted by Crippen LogP contribution is -2.33. The maximum atomic E-state index is 6.36. The highest BCUT2D eigenvalue weighted by Crippen LogP contribution is 2.20. The fraction of sp³-hybridized carbons (Fsp3) is 0.696. The number of hydrogen-bond acceptors (Lipinski definition) is 6. The van der Waals surface area contributed by atoms with Crippen molar-refractivity contribution in [3.05, 3.63) is 22.8 Å². The van der Waals surface area contributed by atoms with Crippen molar-refractivity contribution < 1.29 is 4.74 Å². The average Bonchev–Trinajstić information content (AvgIpc) is 2.80. The van der Waals surface area contributed by atoms with Gasteiger partial charge in [-0.05, 0) is 69.3 Å². The van der Waals surface area contributed by atoms with Gasteiger partial charge < -0.3 is 20.3 Å². The first-order chi connectivity index (χ1) is 15.1. The molecule has 0 aromatic carbocycles. The first-order valence-electron chi connectivity index (χ1n) is 11.5. The lowest BCUT2D eigenvalue weighted by molar-refractivity contribution is 0.0676. The van der Waals surface area contributed by atoms with Crippen LogP contribution in [0.25, 0.3) is 0 Å². The number of amidine groups is 1. The van der Waals surface area contributed by atoms with E-state index >= 15 is 0 Å². The van der Waals surface area contributed by atoms with E-state index in [1.165, 1.54) is 25.9 Å². The fourth-order valence-electron chi connectivity index (χ4n) is 3.98. The Balaban J connectivity index is 1.42. The summed E-state index contributed by atoms with van der Waals surface area (Å²) in [6.45, 7) is 6.54. The molecule has 0 unspecified atom stereocenters. The summed E-state index contributed by atoms with van der Waals surface area (Å²) in [4.78, 5) is 15.7. The van der Waals surface area contributed by atoms with Crippen LogP contribution in [-0.2, 0) is 11.2 Å². The summed E-state index contributed by atoms with van der Waals surface area (Å²) in [6.07, 6.45) is 9.03. The molecule has 3 heterocycles. The normalized spacial score (nSPS) is 19.8. The van der Waals surface area contributed by atoms with Gasteiger partial charge in [-0.1, -0.05) is 11.6 Å². The summed E-state index contributed by atoms with van der Waals surface area (Å²) in [5.41, 5.74) is 1.04. The molecule has 0 radical (unpaired) electrons. The largest absolute Gasteiger partial charge is 0.381 e. The van der Waals surface area contributed by atoms with E-state index in [0.29, 0.717) is 29.8 Å². The van der Waals surface area contributed by atoms with Gasteiger partial charge in [0, 0.05) is 52.2 Å². The maximum absolute atomic E-state index is 6.36. The molecule has 7 nitrogen and oxygen atoms in total. The SMILES string of the molecule is CN=C(CN=CCc1cc(NCC2CCN(C)CC2)ncc1Cl)NCC1CCOCC1. The van der Waals surface area contributed by atoms with Crippen LogP contribution >= 0.6 is 11.6 Å². The molecule has 1 aromatic rings. The minimum Gasteiger partial charge on any atom is -0.381 e. The second kappa shape index (κ2) is 13.0. The van der Waals surface area contributed by atoms with Gasteiger partial charge in [-0.2, -0.15) is 0 Å². The molecule has 8 heteroatoms. The number of anilines is 1. The van der Waals surface area contributed by atoms with Crippen molar-refractivity contribution in [1.29, 1.82) is 0 Å². The average molecular weight is 449 g/mol. The molecule has 2 fully saturated rings. The molecule has 172 valence electrons. The molecular formula is C23H37ClN6O. The van der Waals surface area contributed by atoms with Gasteiger partial charge in [0.05, 0.1) is 11.6 Å². The van der Waals surface area contributed by atoms with E-state index in [9.17, 15) is 0 Å². The highest BCUT2D eigenvalue weighted by Gasteiger charge is 2.16. The van der Waals surface area contributed by atoms with Crippen molar-refractivity contribution in [2.24, 2.45) is 21.8 Å². The molecule has 0 amide bonds. The second-order valence-corrected chi connectivity index (χ2v) is 9.03. The van der Waals surface area contributed by atoms with E-state index in [4.69, 9.17) is 16.3 Å². The molecule has 2 aliphatic rings. The summed E-state index contributed by atoms with van der Waals surface area (Å²) in [5.74, 6) is 3.18. The topological polar surface area (TPSA) is 74.1 Å². The molecule has 0 aliphatic carbocycles. The first-order valence-corrected chi connectivity index (χ1v) is 11.8. The molecular weight excluding hydrogens is 412 g/mol. The van der Waals surface area contributed by atoms with E-state index < -0.39 is 0 Å². The minimum atomic E-state index is 0.559. The van der Waals surface area contributed by atoms with Crippen LogP contribution in [0.15, 0.2) is 22.2 Å². The van der Waals surface area contributed by atoms with Gasteiger partial charge in [-0.15, -0.1) is 0 Å². The third-order valence-corrected chi connectivity index (χ3v) is 6.57. The Morgan fingerprint density at radius 3 is 2.71 bits per heavy atom. The van der Waals surface area contributed by atoms with Crippen molar-refractivity contribution in [1.82, 2.24) is 15.2 Å². The van der Waals surface area contributed by atoms with E-state index in [0.717, 1.165) is 56.4 Å². The van der Waals surface area contributed by atoms with Gasteiger partial charge in [0.25, 0.3) is 0 Å². The molecule has 0 atom stereocenters. The van der Waals surface area contributed by atoms with Crippen molar-refractivity contribution in [2.45, 2.75) is 32.1 Å². The van der Waals surface area contributed by atoms with Gasteiger partial charge in [0.15, 0.2) is 0 Å². The van der Waals surface area contributed by atoms with Crippen molar-refractivity contribution >= 4 is 29.5 Å². The monoisotopic (exact) mass is 448 g/mol. The summed E-state index contributed by atoms with van der Waals surface area (Å²) in [7, 11) is 4.00. The van der Waals surface area contributed by atoms with Crippen LogP contribution in [0.3, 0.4) is 0 Å². The fourth-order valence-corrected chi connectivity index (χ4v) is 4.16. The number of nitrogens with one attached hydrogen (secondary N) is 2. The predicted molar refractivity (Wildman–Crippen MR) is 130 cm³/mol. The van der Waals surface area contributed by atoms with Crippen molar-refractivity contribution in [3.8, 4) is 0 Å². The zero-order chi connectivity index (χ0) is 21.9. The van der Waals surface area contributed by atoms with Crippen LogP contribution in [0.1, 0.15) is 31.2 Å². The lowest BCUT2D eigenvalue weighted by atomic mass is 9.97. The summed E-state index contributed by atoms with van der Waals surface area (Å²) < 4.78 is 5.42. The van der Waals surface area contributed by atoms with Gasteiger partial charge in [-0.25, -0.2) is 4.98 Å². The molecule has 1 aromatic heterocycles. The third-order valence-electron chi connectivity index (χ3n) is 6.23. The van der Waals surface area contributed by atoms with E-state index in [1.54, 1.807) is 6.20 Å². The molecule has 2 aliphatic heterocycles. The van der Waals surface area contributed by atoms with Crippen LogP contribution < -0.4 is 10.6 Å². The minimum absolute atomic E-state index is 0.559. The van der Waals surface area contributed by atoms with Crippen LogP contribution in [0, 0.1) is 11.8 Å². The Kier molecular flexibility index (Phi) is 10.0. The van der Waals surface area contributed by atoms with E-state index in [-0.39, 0.29) is 0 Å². The first kappa shape index (κ1) is 24.0. The molecule has 2 saturated heterocycles. The standard InChI is InChI=1S/C23H37ClN6O/c1-25-23(28-15-19-6-11-31-12-7-19)17-26-8-3-20-13-22(29-16-21(20)24)27-14-18-4-9-30(2)10-5-18/h8,13,16,18-19H,3-7,9-12,14-15,17H2,1-2H3,(H,25,28)(H,27,29). The number of aliphatic imine (C=N–C) groups is 2. The highest BCUT2D eigenvalue weighted by molar-refractivity contribution is 6.31. The molecule has 0 bridgehead atoms. The molecule has 2 N–H and O–H groups in total. The number of aromatic nitrogens is 1. The van der Waals surface area contributed by atoms with Gasteiger partial charge in [0.2, 0.25) is 0 Å². The zero-order valence-corrected chi connectivity index (χ0v) is 19.7. The van der Waals surface area contributed by atoms with Gasteiger partial charge in [0.1, 0.15) is 11.7 Å². The number of likely N-dealkylation sites (tertiary alicyclic amines) is 1. The highest BCUT2D eigenvalue weighted by atomic mass is 35.5. The van der Waals surface area contributed by atoms with Crippen LogP contribution in [-0.4, -0.2) is 82.0 Å². The smallest absolute Gasteiger partial charge is 0.126 e. The Labute approximate surface area is 191 Å².